The number of nitrogens with zero attached hydrogens (tertiary/aromatic N) is 2. The van der Waals surface area contributed by atoms with Gasteiger partial charge in [-0.2, -0.15) is 5.10 Å². The molecule has 1 N–H and O–H groups in total. The maximum atomic E-state index is 13.9. The summed E-state index contributed by atoms with van der Waals surface area (Å²) >= 11 is 12.4. The summed E-state index contributed by atoms with van der Waals surface area (Å²) in [6.07, 6.45) is 3.01. The number of halogens is 4. The Morgan fingerprint density at radius 1 is 1.13 bits per heavy atom. The number of hydrogen-bond acceptors (Lipinski definition) is 2. The van der Waals surface area contributed by atoms with Gasteiger partial charge in [0.2, 0.25) is 0 Å². The Kier molecular flexibility index (Phi) is 4.79. The van der Waals surface area contributed by atoms with Gasteiger partial charge in [0.15, 0.2) is 5.69 Å². The molecule has 1 heterocycles. The molecular formula is C22H17Cl2F2N3O. The van der Waals surface area contributed by atoms with E-state index >= 15 is 0 Å². The molecule has 0 aliphatic heterocycles. The quantitative estimate of drug-likeness (QED) is 0.553. The van der Waals surface area contributed by atoms with Crippen LogP contribution in [-0.2, 0) is 6.54 Å². The molecule has 1 amide bonds. The summed E-state index contributed by atoms with van der Waals surface area (Å²) in [5, 5.41) is 8.16. The molecule has 2 aliphatic carbocycles. The van der Waals surface area contributed by atoms with Gasteiger partial charge in [0, 0.05) is 28.6 Å². The molecular weight excluding hydrogens is 431 g/mol. The largest absolute Gasteiger partial charge is 0.346 e. The number of fused-ring (bicyclic) bond motifs is 5. The van der Waals surface area contributed by atoms with E-state index in [0.717, 1.165) is 30.5 Å². The van der Waals surface area contributed by atoms with Gasteiger partial charge in [-0.25, -0.2) is 13.5 Å². The number of aromatic nitrogens is 2. The summed E-state index contributed by atoms with van der Waals surface area (Å²) in [5.74, 6) is -1.27. The monoisotopic (exact) mass is 447 g/mol. The van der Waals surface area contributed by atoms with Crippen LogP contribution in [0.1, 0.15) is 58.4 Å². The third-order valence-corrected chi connectivity index (χ3v) is 6.57. The smallest absolute Gasteiger partial charge is 0.272 e. The van der Waals surface area contributed by atoms with Crippen LogP contribution >= 0.6 is 23.2 Å². The van der Waals surface area contributed by atoms with Crippen molar-refractivity contribution in [2.45, 2.75) is 37.6 Å². The van der Waals surface area contributed by atoms with E-state index in [9.17, 15) is 13.6 Å². The highest BCUT2D eigenvalue weighted by molar-refractivity contribution is 6.35. The minimum Gasteiger partial charge on any atom is -0.346 e. The fourth-order valence-electron chi connectivity index (χ4n) is 4.69. The number of carbonyl (C=O) groups is 1. The number of hydrogen-bond donors (Lipinski definition) is 1. The van der Waals surface area contributed by atoms with E-state index in [4.69, 9.17) is 23.2 Å². The molecule has 2 atom stereocenters. The fourth-order valence-corrected chi connectivity index (χ4v) is 5.18. The molecule has 3 aromatic rings. The highest BCUT2D eigenvalue weighted by atomic mass is 35.5. The topological polar surface area (TPSA) is 46.9 Å². The number of rotatable bonds is 4. The van der Waals surface area contributed by atoms with Gasteiger partial charge < -0.3 is 5.32 Å². The van der Waals surface area contributed by atoms with Crippen molar-refractivity contribution in [2.75, 3.05) is 0 Å². The molecule has 0 spiro atoms. The standard InChI is InChI=1S/C22H17Cl2F2N3O/c23-13-6-7-18(15(24)9-13)29-21-12-5-4-11(8-12)19(21)20(28-29)22(30)27-10-14-16(25)2-1-3-17(14)26/h1-3,6-7,9,11-12H,4-5,8,10H2,(H,27,30)/t11-,12-/m0/s1. The number of nitrogens with one attached hydrogen (secondary N) is 1. The lowest BCUT2D eigenvalue weighted by Crippen LogP contribution is -2.25. The van der Waals surface area contributed by atoms with E-state index in [-0.39, 0.29) is 18.0 Å². The molecule has 2 aromatic carbocycles. The van der Waals surface area contributed by atoms with E-state index in [0.29, 0.717) is 27.3 Å². The van der Waals surface area contributed by atoms with Crippen LogP contribution in [0.4, 0.5) is 8.78 Å². The third-order valence-electron chi connectivity index (χ3n) is 6.03. The predicted octanol–water partition coefficient (Wildman–Crippen LogP) is 5.75. The van der Waals surface area contributed by atoms with Crippen molar-refractivity contribution in [3.63, 3.8) is 0 Å². The fraction of sp³-hybridized carbons (Fsp3) is 0.273. The average Bonchev–Trinajstić information content (AvgIpc) is 3.40. The van der Waals surface area contributed by atoms with Crippen LogP contribution in [0.25, 0.3) is 5.69 Å². The zero-order valence-electron chi connectivity index (χ0n) is 15.8. The van der Waals surface area contributed by atoms with E-state index < -0.39 is 17.5 Å². The van der Waals surface area contributed by atoms with Crippen molar-refractivity contribution < 1.29 is 13.6 Å². The Morgan fingerprint density at radius 2 is 1.87 bits per heavy atom. The lowest BCUT2D eigenvalue weighted by molar-refractivity contribution is 0.0943. The van der Waals surface area contributed by atoms with Gasteiger partial charge in [-0.15, -0.1) is 0 Å². The van der Waals surface area contributed by atoms with E-state index in [2.05, 4.69) is 10.4 Å². The summed E-state index contributed by atoms with van der Waals surface area (Å²) in [5.41, 5.74) is 2.69. The van der Waals surface area contributed by atoms with Crippen LogP contribution in [0.15, 0.2) is 36.4 Å². The molecule has 4 nitrogen and oxygen atoms in total. The molecule has 1 aromatic heterocycles. The Balaban J connectivity index is 1.52. The molecule has 0 radical (unpaired) electrons. The van der Waals surface area contributed by atoms with Gasteiger partial charge in [-0.1, -0.05) is 29.3 Å². The SMILES string of the molecule is O=C(NCc1c(F)cccc1F)c1nn(-c2ccc(Cl)cc2Cl)c2c1[C@H]1CC[C@H]2C1. The van der Waals surface area contributed by atoms with Crippen molar-refractivity contribution >= 4 is 29.1 Å². The molecule has 2 bridgehead atoms. The van der Waals surface area contributed by atoms with Crippen LogP contribution in [0.2, 0.25) is 10.0 Å². The first-order valence-electron chi connectivity index (χ1n) is 9.73. The van der Waals surface area contributed by atoms with Crippen LogP contribution in [0.3, 0.4) is 0 Å². The van der Waals surface area contributed by atoms with E-state index in [1.165, 1.54) is 18.2 Å². The summed E-state index contributed by atoms with van der Waals surface area (Å²) in [7, 11) is 0. The van der Waals surface area contributed by atoms with Crippen LogP contribution in [0.5, 0.6) is 0 Å². The number of amides is 1. The van der Waals surface area contributed by atoms with Crippen molar-refractivity contribution in [2.24, 2.45) is 0 Å². The van der Waals surface area contributed by atoms with Crippen molar-refractivity contribution in [1.82, 2.24) is 15.1 Å². The summed E-state index contributed by atoms with van der Waals surface area (Å²) < 4.78 is 29.6. The lowest BCUT2D eigenvalue weighted by atomic mass is 9.95. The summed E-state index contributed by atoms with van der Waals surface area (Å²) in [6.45, 7) is -0.255. The van der Waals surface area contributed by atoms with Gasteiger partial charge in [-0.05, 0) is 55.5 Å². The summed E-state index contributed by atoms with van der Waals surface area (Å²) in [6, 6.07) is 8.76. The Bertz CT molecular complexity index is 1160. The van der Waals surface area contributed by atoms with Crippen LogP contribution < -0.4 is 5.32 Å². The first-order valence-corrected chi connectivity index (χ1v) is 10.5. The normalized spacial score (nSPS) is 19.2. The Morgan fingerprint density at radius 3 is 2.60 bits per heavy atom. The zero-order chi connectivity index (χ0) is 21.0. The van der Waals surface area contributed by atoms with Crippen LogP contribution in [-0.4, -0.2) is 15.7 Å². The second-order valence-corrected chi connectivity index (χ2v) is 8.59. The number of carbonyl (C=O) groups excluding carboxylic acids is 1. The lowest BCUT2D eigenvalue weighted by Gasteiger charge is -2.15. The van der Waals surface area contributed by atoms with Crippen molar-refractivity contribution in [3.05, 3.63) is 80.6 Å². The van der Waals surface area contributed by atoms with Gasteiger partial charge in [0.1, 0.15) is 11.6 Å². The highest BCUT2D eigenvalue weighted by Crippen LogP contribution is 2.54. The van der Waals surface area contributed by atoms with Gasteiger partial charge >= 0.3 is 0 Å². The Hall–Kier alpha value is -2.44. The second-order valence-electron chi connectivity index (χ2n) is 7.74. The summed E-state index contributed by atoms with van der Waals surface area (Å²) in [4.78, 5) is 13.0. The molecule has 5 rings (SSSR count). The van der Waals surface area contributed by atoms with E-state index in [1.807, 2.05) is 0 Å². The zero-order valence-corrected chi connectivity index (χ0v) is 17.3. The second kappa shape index (κ2) is 7.36. The first kappa shape index (κ1) is 19.5. The van der Waals surface area contributed by atoms with E-state index in [1.54, 1.807) is 22.9 Å². The molecule has 0 saturated heterocycles. The molecule has 1 saturated carbocycles. The highest BCUT2D eigenvalue weighted by Gasteiger charge is 2.44. The predicted molar refractivity (Wildman–Crippen MR) is 110 cm³/mol. The first-order chi connectivity index (χ1) is 14.4. The molecule has 0 unspecified atom stereocenters. The minimum atomic E-state index is -0.696. The maximum Gasteiger partial charge on any atom is 0.272 e. The molecule has 30 heavy (non-hydrogen) atoms. The molecule has 8 heteroatoms. The molecule has 1 fully saturated rings. The third kappa shape index (κ3) is 3.10. The van der Waals surface area contributed by atoms with Gasteiger partial charge in [0.05, 0.1) is 16.4 Å². The van der Waals surface area contributed by atoms with Gasteiger partial charge in [-0.3, -0.25) is 4.79 Å². The van der Waals surface area contributed by atoms with Crippen molar-refractivity contribution in [3.8, 4) is 5.69 Å². The Labute approximate surface area is 181 Å². The van der Waals surface area contributed by atoms with Crippen LogP contribution in [0, 0.1) is 11.6 Å². The minimum absolute atomic E-state index is 0.177. The molecule has 2 aliphatic rings. The van der Waals surface area contributed by atoms with Gasteiger partial charge in [0.25, 0.3) is 5.91 Å². The number of benzene rings is 2. The molecule has 154 valence electrons. The average molecular weight is 448 g/mol. The van der Waals surface area contributed by atoms with Crippen molar-refractivity contribution in [1.29, 1.82) is 0 Å². The maximum absolute atomic E-state index is 13.9.